The lowest BCUT2D eigenvalue weighted by molar-refractivity contribution is -0.137. The predicted octanol–water partition coefficient (Wildman–Crippen LogP) is 3.13. The predicted molar refractivity (Wildman–Crippen MR) is 69.1 cm³/mol. The van der Waals surface area contributed by atoms with Crippen LogP contribution in [0.2, 0.25) is 0 Å². The summed E-state index contributed by atoms with van der Waals surface area (Å²) < 4.78 is 44.1. The van der Waals surface area contributed by atoms with E-state index in [0.717, 1.165) is 18.9 Å². The highest BCUT2D eigenvalue weighted by molar-refractivity contribution is 5.79. The number of nitrogens with zero attached hydrogens (tertiary/aromatic N) is 1. The number of hydrogen-bond acceptors (Lipinski definition) is 3. The van der Waals surface area contributed by atoms with E-state index in [4.69, 9.17) is 4.74 Å². The number of hydrogen-bond donors (Lipinski definition) is 0. The molecular formula is C14H16F3NO2. The molecule has 1 fully saturated rings. The van der Waals surface area contributed by atoms with Gasteiger partial charge < -0.3 is 9.64 Å². The number of carbonyl (C=O) groups excluding carboxylic acids is 1. The Hall–Kier alpha value is -1.56. The molecule has 1 heterocycles. The van der Waals surface area contributed by atoms with Gasteiger partial charge >= 0.3 is 6.18 Å². The molecule has 0 amide bonds. The van der Waals surface area contributed by atoms with E-state index in [-0.39, 0.29) is 18.0 Å². The van der Waals surface area contributed by atoms with Gasteiger partial charge in [0.15, 0.2) is 6.29 Å². The van der Waals surface area contributed by atoms with Gasteiger partial charge in [-0.15, -0.1) is 0 Å². The van der Waals surface area contributed by atoms with Crippen LogP contribution in [0, 0.1) is 0 Å². The number of carbonyl (C=O) groups is 1. The Kier molecular flexibility index (Phi) is 4.32. The summed E-state index contributed by atoms with van der Waals surface area (Å²) in [5.41, 5.74) is -0.811. The van der Waals surface area contributed by atoms with Crippen molar-refractivity contribution in [3.63, 3.8) is 0 Å². The summed E-state index contributed by atoms with van der Waals surface area (Å²) in [6.07, 6.45) is -2.34. The lowest BCUT2D eigenvalue weighted by Gasteiger charge is -2.24. The third-order valence-electron chi connectivity index (χ3n) is 3.41. The second-order valence-electron chi connectivity index (χ2n) is 4.90. The quantitative estimate of drug-likeness (QED) is 0.797. The Morgan fingerprint density at radius 3 is 2.75 bits per heavy atom. The Balaban J connectivity index is 2.21. The summed E-state index contributed by atoms with van der Waals surface area (Å²) in [7, 11) is 1.72. The molecule has 0 spiro atoms. The van der Waals surface area contributed by atoms with Crippen molar-refractivity contribution in [1.29, 1.82) is 0 Å². The van der Waals surface area contributed by atoms with E-state index in [1.165, 1.54) is 12.1 Å². The molecule has 1 aromatic rings. The average Bonchev–Trinajstić information content (AvgIpc) is 2.89. The minimum Gasteiger partial charge on any atom is -0.376 e. The van der Waals surface area contributed by atoms with Crippen molar-refractivity contribution >= 4 is 12.0 Å². The highest BCUT2D eigenvalue weighted by Crippen LogP contribution is 2.34. The lowest BCUT2D eigenvalue weighted by Crippen LogP contribution is -2.28. The van der Waals surface area contributed by atoms with Crippen molar-refractivity contribution in [3.05, 3.63) is 29.3 Å². The van der Waals surface area contributed by atoms with Crippen LogP contribution in [0.4, 0.5) is 18.9 Å². The summed E-state index contributed by atoms with van der Waals surface area (Å²) in [5, 5.41) is 0. The minimum absolute atomic E-state index is 0.0556. The monoisotopic (exact) mass is 287 g/mol. The molecule has 0 bridgehead atoms. The Labute approximate surface area is 115 Å². The van der Waals surface area contributed by atoms with Gasteiger partial charge in [-0.2, -0.15) is 13.2 Å². The molecule has 20 heavy (non-hydrogen) atoms. The number of benzene rings is 1. The van der Waals surface area contributed by atoms with E-state index in [9.17, 15) is 18.0 Å². The molecule has 110 valence electrons. The second-order valence-corrected chi connectivity index (χ2v) is 4.90. The maximum atomic E-state index is 12.9. The van der Waals surface area contributed by atoms with E-state index in [2.05, 4.69) is 0 Å². The zero-order chi connectivity index (χ0) is 14.8. The topological polar surface area (TPSA) is 29.5 Å². The molecule has 0 N–H and O–H groups in total. The number of likely N-dealkylation sites (N-methyl/N-ethyl adjacent to an activating group) is 1. The molecule has 1 saturated heterocycles. The van der Waals surface area contributed by atoms with Crippen molar-refractivity contribution in [3.8, 4) is 0 Å². The van der Waals surface area contributed by atoms with E-state index in [1.807, 2.05) is 0 Å². The fourth-order valence-corrected chi connectivity index (χ4v) is 2.33. The third kappa shape index (κ3) is 3.30. The summed E-state index contributed by atoms with van der Waals surface area (Å²) >= 11 is 0. The van der Waals surface area contributed by atoms with Crippen LogP contribution < -0.4 is 4.90 Å². The molecule has 1 unspecified atom stereocenters. The van der Waals surface area contributed by atoms with Crippen LogP contribution in [-0.2, 0) is 10.9 Å². The second kappa shape index (κ2) is 5.83. The van der Waals surface area contributed by atoms with Gasteiger partial charge in [-0.1, -0.05) is 0 Å². The molecule has 0 radical (unpaired) electrons. The number of aldehydes is 1. The molecule has 6 heteroatoms. The molecule has 1 aliphatic heterocycles. The van der Waals surface area contributed by atoms with Crippen molar-refractivity contribution < 1.29 is 22.7 Å². The van der Waals surface area contributed by atoms with Crippen LogP contribution >= 0.6 is 0 Å². The van der Waals surface area contributed by atoms with Crippen molar-refractivity contribution in [1.82, 2.24) is 0 Å². The highest BCUT2D eigenvalue weighted by Gasteiger charge is 2.34. The third-order valence-corrected chi connectivity index (χ3v) is 3.41. The first kappa shape index (κ1) is 14.8. The van der Waals surface area contributed by atoms with Gasteiger partial charge in [-0.25, -0.2) is 0 Å². The fourth-order valence-electron chi connectivity index (χ4n) is 2.33. The molecule has 1 aromatic carbocycles. The van der Waals surface area contributed by atoms with Crippen molar-refractivity contribution in [2.24, 2.45) is 0 Å². The maximum absolute atomic E-state index is 12.9. The highest BCUT2D eigenvalue weighted by atomic mass is 19.4. The summed E-state index contributed by atoms with van der Waals surface area (Å²) in [6, 6.07) is 3.74. The van der Waals surface area contributed by atoms with Crippen molar-refractivity contribution in [2.45, 2.75) is 25.1 Å². The zero-order valence-corrected chi connectivity index (χ0v) is 11.1. The number of ether oxygens (including phenoxy) is 1. The molecule has 1 atom stereocenters. The fraction of sp³-hybridized carbons (Fsp3) is 0.500. The number of anilines is 1. The van der Waals surface area contributed by atoms with Crippen molar-refractivity contribution in [2.75, 3.05) is 25.1 Å². The largest absolute Gasteiger partial charge is 0.417 e. The van der Waals surface area contributed by atoms with E-state index >= 15 is 0 Å². The normalized spacial score (nSPS) is 19.1. The summed E-state index contributed by atoms with van der Waals surface area (Å²) in [6.45, 7) is 1.24. The summed E-state index contributed by atoms with van der Waals surface area (Å²) in [4.78, 5) is 12.4. The van der Waals surface area contributed by atoms with Crippen LogP contribution in [0.5, 0.6) is 0 Å². The summed E-state index contributed by atoms with van der Waals surface area (Å²) in [5.74, 6) is 0. The molecule has 2 rings (SSSR count). The van der Waals surface area contributed by atoms with E-state index in [0.29, 0.717) is 18.8 Å². The van der Waals surface area contributed by atoms with Crippen LogP contribution in [0.1, 0.15) is 28.8 Å². The van der Waals surface area contributed by atoms with Gasteiger partial charge in [0.25, 0.3) is 0 Å². The Morgan fingerprint density at radius 1 is 1.45 bits per heavy atom. The molecule has 0 aliphatic carbocycles. The Bertz CT molecular complexity index is 482. The number of rotatable bonds is 4. The smallest absolute Gasteiger partial charge is 0.376 e. The van der Waals surface area contributed by atoms with E-state index < -0.39 is 11.7 Å². The lowest BCUT2D eigenvalue weighted by atomic mass is 10.1. The molecule has 0 aromatic heterocycles. The molecule has 1 aliphatic rings. The van der Waals surface area contributed by atoms with Crippen LogP contribution in [0.25, 0.3) is 0 Å². The standard InChI is InChI=1S/C14H16F3NO2/c1-18(8-12-3-2-6-20-12)11-5-4-10(9-19)13(7-11)14(15,16)17/h4-5,7,9,12H,2-3,6,8H2,1H3. The SMILES string of the molecule is CN(CC1CCCO1)c1ccc(C=O)c(C(F)(F)F)c1. The first-order valence-corrected chi connectivity index (χ1v) is 6.41. The number of halogens is 3. The first-order valence-electron chi connectivity index (χ1n) is 6.41. The van der Waals surface area contributed by atoms with Gasteiger partial charge in [0.05, 0.1) is 11.7 Å². The minimum atomic E-state index is -4.53. The van der Waals surface area contributed by atoms with Gasteiger partial charge in [0, 0.05) is 31.5 Å². The molecular weight excluding hydrogens is 271 g/mol. The van der Waals surface area contributed by atoms with Crippen LogP contribution in [-0.4, -0.2) is 32.6 Å². The molecule has 0 saturated carbocycles. The van der Waals surface area contributed by atoms with Gasteiger partial charge in [0.1, 0.15) is 0 Å². The van der Waals surface area contributed by atoms with Gasteiger partial charge in [-0.05, 0) is 31.0 Å². The average molecular weight is 287 g/mol. The molecule has 3 nitrogen and oxygen atoms in total. The maximum Gasteiger partial charge on any atom is 0.417 e. The van der Waals surface area contributed by atoms with Gasteiger partial charge in [0.2, 0.25) is 0 Å². The Morgan fingerprint density at radius 2 is 2.20 bits per heavy atom. The van der Waals surface area contributed by atoms with Crippen LogP contribution in [0.15, 0.2) is 18.2 Å². The number of alkyl halides is 3. The zero-order valence-electron chi connectivity index (χ0n) is 11.1. The van der Waals surface area contributed by atoms with Gasteiger partial charge in [-0.3, -0.25) is 4.79 Å². The van der Waals surface area contributed by atoms with E-state index in [1.54, 1.807) is 11.9 Å². The first-order chi connectivity index (χ1) is 9.41. The van der Waals surface area contributed by atoms with Crippen LogP contribution in [0.3, 0.4) is 0 Å².